The molecule has 0 saturated carbocycles. The van der Waals surface area contributed by atoms with Crippen LogP contribution in [0.5, 0.6) is 0 Å². The van der Waals surface area contributed by atoms with Crippen LogP contribution in [-0.2, 0) is 14.0 Å². The summed E-state index contributed by atoms with van der Waals surface area (Å²) in [6, 6.07) is 0. The van der Waals surface area contributed by atoms with Crippen molar-refractivity contribution in [2.45, 2.75) is 94.6 Å². The molecule has 0 aromatic heterocycles. The van der Waals surface area contributed by atoms with E-state index in [1.807, 2.05) is 0 Å². The molecule has 1 saturated heterocycles. The molecule has 4 atom stereocenters. The topological polar surface area (TPSA) is 35.5 Å². The standard InChI is InChI=1S/C18H35IO3Si/c1-8-9-14(20)17(19)16-11-10-15(22-16)13(2)12-21-23(6,7)18(3,4)5/h13,15-17H,8-12H2,1-7H3/t13-,15+,16-,17+/m0/s1. The number of hydrogen-bond donors (Lipinski definition) is 0. The lowest BCUT2D eigenvalue weighted by atomic mass is 10.0. The van der Waals surface area contributed by atoms with E-state index in [1.54, 1.807) is 0 Å². The number of rotatable bonds is 8. The predicted molar refractivity (Wildman–Crippen MR) is 108 cm³/mol. The fourth-order valence-corrected chi connectivity index (χ4v) is 4.53. The molecular weight excluding hydrogens is 419 g/mol. The first-order valence-corrected chi connectivity index (χ1v) is 13.1. The summed E-state index contributed by atoms with van der Waals surface area (Å²) in [6.07, 6.45) is 3.96. The molecule has 0 amide bonds. The predicted octanol–water partition coefficient (Wildman–Crippen LogP) is 5.36. The summed E-state index contributed by atoms with van der Waals surface area (Å²) in [6.45, 7) is 16.4. The van der Waals surface area contributed by atoms with Gasteiger partial charge in [0, 0.05) is 18.9 Å². The Morgan fingerprint density at radius 1 is 1.30 bits per heavy atom. The van der Waals surface area contributed by atoms with Crippen LogP contribution in [0.4, 0.5) is 0 Å². The van der Waals surface area contributed by atoms with Gasteiger partial charge in [-0.3, -0.25) is 4.79 Å². The van der Waals surface area contributed by atoms with Crippen LogP contribution in [0.15, 0.2) is 0 Å². The lowest BCUT2D eigenvalue weighted by Crippen LogP contribution is -2.42. The van der Waals surface area contributed by atoms with Crippen molar-refractivity contribution in [3.8, 4) is 0 Å². The molecule has 0 N–H and O–H groups in total. The summed E-state index contributed by atoms with van der Waals surface area (Å²) in [4.78, 5) is 12.1. The van der Waals surface area contributed by atoms with Crippen LogP contribution in [-0.4, -0.2) is 36.8 Å². The molecule has 23 heavy (non-hydrogen) atoms. The van der Waals surface area contributed by atoms with Crippen LogP contribution >= 0.6 is 22.6 Å². The van der Waals surface area contributed by atoms with Crippen molar-refractivity contribution in [3.05, 3.63) is 0 Å². The number of Topliss-reactive ketones (excluding diaryl/α,β-unsaturated/α-hetero) is 1. The Morgan fingerprint density at radius 3 is 2.39 bits per heavy atom. The Labute approximate surface area is 157 Å². The van der Waals surface area contributed by atoms with E-state index in [0.717, 1.165) is 25.9 Å². The fourth-order valence-electron chi connectivity index (χ4n) is 2.58. The number of carbonyl (C=O) groups excluding carboxylic acids is 1. The SMILES string of the molecule is CCCC(=O)[C@@H](I)[C@@H]1CC[C@H]([C@@H](C)CO[Si](C)(C)C(C)(C)C)O1. The first-order chi connectivity index (χ1) is 10.5. The zero-order chi connectivity index (χ0) is 17.8. The molecule has 1 fully saturated rings. The summed E-state index contributed by atoms with van der Waals surface area (Å²) in [7, 11) is -1.70. The highest BCUT2D eigenvalue weighted by Gasteiger charge is 2.39. The molecule has 136 valence electrons. The van der Waals surface area contributed by atoms with Crippen LogP contribution in [0.1, 0.15) is 60.3 Å². The van der Waals surface area contributed by atoms with Gasteiger partial charge in [0.15, 0.2) is 8.32 Å². The van der Waals surface area contributed by atoms with Gasteiger partial charge in [-0.1, -0.05) is 57.2 Å². The van der Waals surface area contributed by atoms with E-state index in [1.165, 1.54) is 0 Å². The maximum atomic E-state index is 12.1. The van der Waals surface area contributed by atoms with E-state index < -0.39 is 8.32 Å². The molecule has 1 aliphatic rings. The maximum absolute atomic E-state index is 12.1. The second kappa shape index (κ2) is 8.76. The van der Waals surface area contributed by atoms with E-state index in [-0.39, 0.29) is 21.2 Å². The summed E-state index contributed by atoms with van der Waals surface area (Å²) >= 11 is 2.27. The van der Waals surface area contributed by atoms with Crippen LogP contribution in [0.25, 0.3) is 0 Å². The van der Waals surface area contributed by atoms with Crippen LogP contribution in [0.3, 0.4) is 0 Å². The molecule has 0 unspecified atom stereocenters. The average Bonchev–Trinajstić information content (AvgIpc) is 2.92. The second-order valence-electron chi connectivity index (χ2n) is 8.46. The highest BCUT2D eigenvalue weighted by Crippen LogP contribution is 2.38. The van der Waals surface area contributed by atoms with Gasteiger partial charge >= 0.3 is 0 Å². The minimum absolute atomic E-state index is 0.00561. The van der Waals surface area contributed by atoms with E-state index in [4.69, 9.17) is 9.16 Å². The van der Waals surface area contributed by atoms with Crippen molar-refractivity contribution in [1.29, 1.82) is 0 Å². The van der Waals surface area contributed by atoms with Gasteiger partial charge in [-0.2, -0.15) is 0 Å². The normalized spacial score (nSPS) is 25.4. The molecule has 5 heteroatoms. The Morgan fingerprint density at radius 2 is 1.87 bits per heavy atom. The molecule has 1 heterocycles. The Hall–Kier alpha value is 0.537. The number of alkyl halides is 1. The lowest BCUT2D eigenvalue weighted by Gasteiger charge is -2.37. The molecule has 1 aliphatic heterocycles. The van der Waals surface area contributed by atoms with Gasteiger partial charge < -0.3 is 9.16 Å². The quantitative estimate of drug-likeness (QED) is 0.281. The summed E-state index contributed by atoms with van der Waals surface area (Å²) in [5, 5.41) is 0.242. The molecule has 0 aliphatic carbocycles. The summed E-state index contributed by atoms with van der Waals surface area (Å²) in [5.74, 6) is 0.725. The van der Waals surface area contributed by atoms with Crippen molar-refractivity contribution in [2.24, 2.45) is 5.92 Å². The Bertz CT molecular complexity index is 392. The minimum atomic E-state index is -1.70. The maximum Gasteiger partial charge on any atom is 0.191 e. The van der Waals surface area contributed by atoms with Crippen molar-refractivity contribution in [1.82, 2.24) is 0 Å². The third kappa shape index (κ3) is 6.08. The van der Waals surface area contributed by atoms with Gasteiger partial charge in [0.25, 0.3) is 0 Å². The lowest BCUT2D eigenvalue weighted by molar-refractivity contribution is -0.120. The molecule has 0 radical (unpaired) electrons. The average molecular weight is 454 g/mol. The molecule has 0 bridgehead atoms. The van der Waals surface area contributed by atoms with E-state index >= 15 is 0 Å². The highest BCUT2D eigenvalue weighted by atomic mass is 127. The minimum Gasteiger partial charge on any atom is -0.416 e. The van der Waals surface area contributed by atoms with Crippen LogP contribution in [0, 0.1) is 5.92 Å². The van der Waals surface area contributed by atoms with Gasteiger partial charge in [0.2, 0.25) is 0 Å². The number of carbonyl (C=O) groups is 1. The summed E-state index contributed by atoms with van der Waals surface area (Å²) in [5.41, 5.74) is 0. The van der Waals surface area contributed by atoms with Gasteiger partial charge in [-0.25, -0.2) is 0 Å². The van der Waals surface area contributed by atoms with Gasteiger partial charge in [0.1, 0.15) is 5.78 Å². The van der Waals surface area contributed by atoms with Gasteiger partial charge in [-0.15, -0.1) is 0 Å². The van der Waals surface area contributed by atoms with Crippen molar-refractivity contribution < 1.29 is 14.0 Å². The van der Waals surface area contributed by atoms with Crippen molar-refractivity contribution in [2.75, 3.05) is 6.61 Å². The highest BCUT2D eigenvalue weighted by molar-refractivity contribution is 14.1. The fraction of sp³-hybridized carbons (Fsp3) is 0.944. The Balaban J connectivity index is 2.48. The molecular formula is C18H35IO3Si. The largest absolute Gasteiger partial charge is 0.416 e. The third-order valence-corrected chi connectivity index (χ3v) is 11.4. The van der Waals surface area contributed by atoms with Crippen molar-refractivity contribution in [3.63, 3.8) is 0 Å². The number of ether oxygens (including phenoxy) is 1. The molecule has 3 nitrogen and oxygen atoms in total. The molecule has 0 spiro atoms. The third-order valence-electron chi connectivity index (χ3n) is 5.36. The monoisotopic (exact) mass is 454 g/mol. The van der Waals surface area contributed by atoms with E-state index in [9.17, 15) is 4.79 Å². The van der Waals surface area contributed by atoms with Gasteiger partial charge in [-0.05, 0) is 37.4 Å². The summed E-state index contributed by atoms with van der Waals surface area (Å²) < 4.78 is 12.6. The molecule has 0 aromatic carbocycles. The first-order valence-electron chi connectivity index (χ1n) is 8.95. The van der Waals surface area contributed by atoms with Gasteiger partial charge in [0.05, 0.1) is 16.1 Å². The van der Waals surface area contributed by atoms with Crippen molar-refractivity contribution >= 4 is 36.7 Å². The van der Waals surface area contributed by atoms with Crippen LogP contribution in [0.2, 0.25) is 18.1 Å². The molecule has 1 rings (SSSR count). The van der Waals surface area contributed by atoms with Crippen LogP contribution < -0.4 is 0 Å². The zero-order valence-electron chi connectivity index (χ0n) is 15.9. The number of halogens is 1. The number of ketones is 1. The van der Waals surface area contributed by atoms with E-state index in [0.29, 0.717) is 18.1 Å². The smallest absolute Gasteiger partial charge is 0.191 e. The second-order valence-corrected chi connectivity index (χ2v) is 14.6. The number of hydrogen-bond acceptors (Lipinski definition) is 3. The van der Waals surface area contributed by atoms with E-state index in [2.05, 4.69) is 70.3 Å². The Kier molecular flexibility index (Phi) is 8.22. The first kappa shape index (κ1) is 21.6. The molecule has 0 aromatic rings. The zero-order valence-corrected chi connectivity index (χ0v) is 19.1.